The molecule has 0 saturated carbocycles. The van der Waals surface area contributed by atoms with Crippen LogP contribution in [0.25, 0.3) is 0 Å². The average Bonchev–Trinajstić information content (AvgIpc) is 2.38. The SMILES string of the molecule is CCC(C)(C)N(C)S(=O)(=O)Cc1ccc(CO)cc1. The van der Waals surface area contributed by atoms with Crippen LogP contribution in [-0.2, 0) is 22.4 Å². The number of hydrogen-bond donors (Lipinski definition) is 1. The summed E-state index contributed by atoms with van der Waals surface area (Å²) in [6.45, 7) is 5.77. The fourth-order valence-electron chi connectivity index (χ4n) is 1.65. The van der Waals surface area contributed by atoms with E-state index in [2.05, 4.69) is 0 Å². The summed E-state index contributed by atoms with van der Waals surface area (Å²) in [7, 11) is -1.71. The monoisotopic (exact) mass is 285 g/mol. The molecule has 1 N–H and O–H groups in total. The number of rotatable bonds is 6. The van der Waals surface area contributed by atoms with Crippen molar-refractivity contribution >= 4 is 10.0 Å². The summed E-state index contributed by atoms with van der Waals surface area (Å²) in [5, 5.41) is 8.96. The predicted molar refractivity (Wildman–Crippen MR) is 77.1 cm³/mol. The molecule has 4 nitrogen and oxygen atoms in total. The van der Waals surface area contributed by atoms with E-state index < -0.39 is 10.0 Å². The molecule has 0 atom stereocenters. The van der Waals surface area contributed by atoms with Crippen molar-refractivity contribution in [2.75, 3.05) is 7.05 Å². The Morgan fingerprint density at radius 1 is 1.16 bits per heavy atom. The van der Waals surface area contributed by atoms with Crippen LogP contribution in [0.4, 0.5) is 0 Å². The third-order valence-corrected chi connectivity index (χ3v) is 5.72. The highest BCUT2D eigenvalue weighted by Crippen LogP contribution is 2.22. The molecule has 5 heteroatoms. The minimum Gasteiger partial charge on any atom is -0.392 e. The van der Waals surface area contributed by atoms with E-state index >= 15 is 0 Å². The van der Waals surface area contributed by atoms with Crippen LogP contribution < -0.4 is 0 Å². The maximum absolute atomic E-state index is 12.3. The van der Waals surface area contributed by atoms with Gasteiger partial charge in [-0.25, -0.2) is 8.42 Å². The van der Waals surface area contributed by atoms with E-state index in [0.717, 1.165) is 17.5 Å². The third kappa shape index (κ3) is 4.03. The first kappa shape index (κ1) is 16.1. The molecule has 0 saturated heterocycles. The van der Waals surface area contributed by atoms with Crippen LogP contribution in [0.1, 0.15) is 38.3 Å². The van der Waals surface area contributed by atoms with Crippen molar-refractivity contribution < 1.29 is 13.5 Å². The van der Waals surface area contributed by atoms with Gasteiger partial charge in [-0.05, 0) is 31.4 Å². The highest BCUT2D eigenvalue weighted by molar-refractivity contribution is 7.88. The highest BCUT2D eigenvalue weighted by atomic mass is 32.2. The first-order chi connectivity index (χ1) is 8.73. The lowest BCUT2D eigenvalue weighted by Crippen LogP contribution is -2.44. The quantitative estimate of drug-likeness (QED) is 0.871. The normalized spacial score (nSPS) is 12.9. The molecule has 1 aromatic carbocycles. The molecule has 0 aliphatic heterocycles. The second-order valence-corrected chi connectivity index (χ2v) is 7.36. The van der Waals surface area contributed by atoms with E-state index in [9.17, 15) is 8.42 Å². The Morgan fingerprint density at radius 3 is 2.05 bits per heavy atom. The van der Waals surface area contributed by atoms with Gasteiger partial charge < -0.3 is 5.11 Å². The zero-order valence-corrected chi connectivity index (χ0v) is 12.9. The van der Waals surface area contributed by atoms with Crippen molar-refractivity contribution in [3.8, 4) is 0 Å². The predicted octanol–water partition coefficient (Wildman–Crippen LogP) is 2.13. The Hall–Kier alpha value is -0.910. The van der Waals surface area contributed by atoms with E-state index in [1.807, 2.05) is 20.8 Å². The lowest BCUT2D eigenvalue weighted by atomic mass is 10.0. The molecule has 0 unspecified atom stereocenters. The summed E-state index contributed by atoms with van der Waals surface area (Å²) in [6, 6.07) is 6.98. The molecule has 1 aromatic rings. The van der Waals surface area contributed by atoms with Crippen LogP contribution in [0, 0.1) is 0 Å². The lowest BCUT2D eigenvalue weighted by Gasteiger charge is -2.33. The largest absolute Gasteiger partial charge is 0.392 e. The number of aliphatic hydroxyl groups excluding tert-OH is 1. The number of aliphatic hydroxyl groups is 1. The van der Waals surface area contributed by atoms with Crippen LogP contribution in [0.5, 0.6) is 0 Å². The number of benzene rings is 1. The summed E-state index contributed by atoms with van der Waals surface area (Å²) in [4.78, 5) is 0. The van der Waals surface area contributed by atoms with Crippen molar-refractivity contribution in [3.05, 3.63) is 35.4 Å². The van der Waals surface area contributed by atoms with Crippen molar-refractivity contribution in [1.29, 1.82) is 0 Å². The fraction of sp³-hybridized carbons (Fsp3) is 0.571. The van der Waals surface area contributed by atoms with Crippen molar-refractivity contribution in [1.82, 2.24) is 4.31 Å². The Kier molecular flexibility index (Phi) is 5.12. The van der Waals surface area contributed by atoms with Crippen LogP contribution in [0.15, 0.2) is 24.3 Å². The van der Waals surface area contributed by atoms with Gasteiger partial charge in [0.25, 0.3) is 0 Å². The van der Waals surface area contributed by atoms with Gasteiger partial charge in [-0.3, -0.25) is 0 Å². The van der Waals surface area contributed by atoms with Crippen molar-refractivity contribution in [3.63, 3.8) is 0 Å². The maximum atomic E-state index is 12.3. The standard InChI is InChI=1S/C14H23NO3S/c1-5-14(2,3)15(4)19(17,18)11-13-8-6-12(10-16)7-9-13/h6-9,16H,5,10-11H2,1-4H3. The van der Waals surface area contributed by atoms with E-state index in [1.54, 1.807) is 31.3 Å². The maximum Gasteiger partial charge on any atom is 0.218 e. The van der Waals surface area contributed by atoms with E-state index in [-0.39, 0.29) is 17.9 Å². The van der Waals surface area contributed by atoms with Gasteiger partial charge in [0.05, 0.1) is 12.4 Å². The summed E-state index contributed by atoms with van der Waals surface area (Å²) in [6.07, 6.45) is 0.756. The number of sulfonamides is 1. The molecule has 0 fully saturated rings. The Balaban J connectivity index is 2.90. The van der Waals surface area contributed by atoms with Crippen LogP contribution in [0.2, 0.25) is 0 Å². The molecule has 1 rings (SSSR count). The Morgan fingerprint density at radius 2 is 1.63 bits per heavy atom. The molecular weight excluding hydrogens is 262 g/mol. The van der Waals surface area contributed by atoms with Crippen molar-refractivity contribution in [2.45, 2.75) is 45.1 Å². The summed E-state index contributed by atoms with van der Waals surface area (Å²) < 4.78 is 26.1. The topological polar surface area (TPSA) is 57.6 Å². The molecule has 0 bridgehead atoms. The van der Waals surface area contributed by atoms with E-state index in [0.29, 0.717) is 0 Å². The molecule has 0 aliphatic carbocycles. The minimum atomic E-state index is -3.33. The molecule has 0 radical (unpaired) electrons. The Bertz CT molecular complexity index is 506. The molecule has 19 heavy (non-hydrogen) atoms. The molecule has 0 aliphatic rings. The van der Waals surface area contributed by atoms with Gasteiger partial charge in [-0.1, -0.05) is 31.2 Å². The number of hydrogen-bond acceptors (Lipinski definition) is 3. The molecular formula is C14H23NO3S. The molecule has 0 amide bonds. The van der Waals surface area contributed by atoms with Crippen LogP contribution in [-0.4, -0.2) is 30.4 Å². The highest BCUT2D eigenvalue weighted by Gasteiger charge is 2.31. The van der Waals surface area contributed by atoms with E-state index in [4.69, 9.17) is 5.11 Å². The fourth-order valence-corrected chi connectivity index (χ4v) is 3.34. The first-order valence-corrected chi connectivity index (χ1v) is 7.99. The summed E-state index contributed by atoms with van der Waals surface area (Å²) in [5.41, 5.74) is 1.13. The second-order valence-electron chi connectivity index (χ2n) is 5.36. The van der Waals surface area contributed by atoms with Gasteiger partial charge in [-0.2, -0.15) is 4.31 Å². The van der Waals surface area contributed by atoms with Gasteiger partial charge in [0.2, 0.25) is 10.0 Å². The van der Waals surface area contributed by atoms with Gasteiger partial charge in [0.1, 0.15) is 0 Å². The molecule has 108 valence electrons. The molecule has 0 heterocycles. The average molecular weight is 285 g/mol. The minimum absolute atomic E-state index is 0.0152. The zero-order chi connectivity index (χ0) is 14.7. The van der Waals surface area contributed by atoms with Crippen LogP contribution >= 0.6 is 0 Å². The third-order valence-electron chi connectivity index (χ3n) is 3.69. The molecule has 0 spiro atoms. The number of nitrogens with zero attached hydrogens (tertiary/aromatic N) is 1. The summed E-state index contributed by atoms with van der Waals surface area (Å²) >= 11 is 0. The first-order valence-electron chi connectivity index (χ1n) is 6.38. The van der Waals surface area contributed by atoms with Crippen molar-refractivity contribution in [2.24, 2.45) is 0 Å². The van der Waals surface area contributed by atoms with Gasteiger partial charge in [-0.15, -0.1) is 0 Å². The van der Waals surface area contributed by atoms with Gasteiger partial charge in [0.15, 0.2) is 0 Å². The van der Waals surface area contributed by atoms with Crippen LogP contribution in [0.3, 0.4) is 0 Å². The second kappa shape index (κ2) is 6.03. The molecule has 0 aromatic heterocycles. The van der Waals surface area contributed by atoms with Gasteiger partial charge in [0, 0.05) is 12.6 Å². The zero-order valence-electron chi connectivity index (χ0n) is 12.0. The summed E-state index contributed by atoms with van der Waals surface area (Å²) in [5.74, 6) is -0.0152. The van der Waals surface area contributed by atoms with E-state index in [1.165, 1.54) is 4.31 Å². The Labute approximate surface area is 116 Å². The smallest absolute Gasteiger partial charge is 0.218 e. The lowest BCUT2D eigenvalue weighted by molar-refractivity contribution is 0.257. The van der Waals surface area contributed by atoms with Gasteiger partial charge >= 0.3 is 0 Å².